The molecule has 3 nitrogen and oxygen atoms in total. The van der Waals surface area contributed by atoms with E-state index in [4.69, 9.17) is 5.73 Å². The van der Waals surface area contributed by atoms with Gasteiger partial charge in [-0.25, -0.2) is 0 Å². The number of aryl methyl sites for hydroxylation is 1. The van der Waals surface area contributed by atoms with Crippen molar-refractivity contribution in [1.29, 1.82) is 0 Å². The molecule has 1 atom stereocenters. The monoisotopic (exact) mass is 248 g/mol. The van der Waals surface area contributed by atoms with E-state index in [2.05, 4.69) is 43.4 Å². The van der Waals surface area contributed by atoms with E-state index in [1.165, 1.54) is 11.1 Å². The van der Waals surface area contributed by atoms with Gasteiger partial charge in [0.2, 0.25) is 5.91 Å². The second-order valence-electron chi connectivity index (χ2n) is 4.58. The summed E-state index contributed by atoms with van der Waals surface area (Å²) >= 11 is 0. The smallest absolute Gasteiger partial charge is 0.217 e. The molecule has 0 aliphatic rings. The molecule has 0 aromatic heterocycles. The Morgan fingerprint density at radius 1 is 1.28 bits per heavy atom. The van der Waals surface area contributed by atoms with E-state index >= 15 is 0 Å². The summed E-state index contributed by atoms with van der Waals surface area (Å²) in [7, 11) is 0. The number of carbonyl (C=O) groups excluding carboxylic acids is 1. The summed E-state index contributed by atoms with van der Waals surface area (Å²) in [5, 5.41) is 3.47. The van der Waals surface area contributed by atoms with Crippen molar-refractivity contribution in [2.45, 2.75) is 45.6 Å². The molecule has 100 valence electrons. The molecule has 18 heavy (non-hydrogen) atoms. The van der Waals surface area contributed by atoms with E-state index < -0.39 is 0 Å². The molecule has 1 unspecified atom stereocenters. The Morgan fingerprint density at radius 3 is 2.44 bits per heavy atom. The van der Waals surface area contributed by atoms with Gasteiger partial charge in [0.1, 0.15) is 0 Å². The molecule has 0 fully saturated rings. The molecule has 0 heterocycles. The van der Waals surface area contributed by atoms with Gasteiger partial charge in [-0.3, -0.25) is 4.79 Å². The zero-order valence-electron chi connectivity index (χ0n) is 11.4. The Balaban J connectivity index is 2.46. The Kier molecular flexibility index (Phi) is 6.44. The van der Waals surface area contributed by atoms with Crippen LogP contribution in [0, 0.1) is 0 Å². The minimum atomic E-state index is -0.225. The molecule has 0 saturated carbocycles. The highest BCUT2D eigenvalue weighted by molar-refractivity contribution is 5.73. The van der Waals surface area contributed by atoms with Crippen LogP contribution in [0.25, 0.3) is 0 Å². The second-order valence-corrected chi connectivity index (χ2v) is 4.58. The molecule has 0 bridgehead atoms. The van der Waals surface area contributed by atoms with Gasteiger partial charge in [0, 0.05) is 12.5 Å². The van der Waals surface area contributed by atoms with Crippen molar-refractivity contribution in [1.82, 2.24) is 5.32 Å². The standard InChI is InChI=1S/C15H24N2O/c1-3-12-7-9-13(10-8-12)14(4-2)17-11-5-6-15(16)18/h7-10,14,17H,3-6,11H2,1-2H3,(H2,16,18). The summed E-state index contributed by atoms with van der Waals surface area (Å²) in [6.45, 7) is 5.16. The lowest BCUT2D eigenvalue weighted by Gasteiger charge is -2.17. The van der Waals surface area contributed by atoms with Gasteiger partial charge in [-0.05, 0) is 36.9 Å². The quantitative estimate of drug-likeness (QED) is 0.695. The molecule has 0 radical (unpaired) electrons. The van der Waals surface area contributed by atoms with E-state index in [1.807, 2.05) is 0 Å². The van der Waals surface area contributed by atoms with Crippen LogP contribution in [0.4, 0.5) is 0 Å². The van der Waals surface area contributed by atoms with Gasteiger partial charge in [-0.15, -0.1) is 0 Å². The summed E-state index contributed by atoms with van der Waals surface area (Å²) in [4.78, 5) is 10.6. The number of nitrogens with two attached hydrogens (primary N) is 1. The first-order chi connectivity index (χ1) is 8.67. The van der Waals surface area contributed by atoms with E-state index in [1.54, 1.807) is 0 Å². The summed E-state index contributed by atoms with van der Waals surface area (Å²) in [6, 6.07) is 9.11. The average Bonchev–Trinajstić information content (AvgIpc) is 2.39. The van der Waals surface area contributed by atoms with Gasteiger partial charge in [0.15, 0.2) is 0 Å². The third-order valence-corrected chi connectivity index (χ3v) is 3.19. The number of hydrogen-bond acceptors (Lipinski definition) is 2. The maximum Gasteiger partial charge on any atom is 0.217 e. The van der Waals surface area contributed by atoms with Crippen LogP contribution in [-0.4, -0.2) is 12.5 Å². The van der Waals surface area contributed by atoms with Crippen LogP contribution in [0.2, 0.25) is 0 Å². The SMILES string of the molecule is CCc1ccc(C(CC)NCCCC(N)=O)cc1. The van der Waals surface area contributed by atoms with Crippen molar-refractivity contribution in [3.63, 3.8) is 0 Å². The fourth-order valence-electron chi connectivity index (χ4n) is 2.02. The lowest BCUT2D eigenvalue weighted by Crippen LogP contribution is -2.23. The fraction of sp³-hybridized carbons (Fsp3) is 0.533. The molecule has 1 rings (SSSR count). The average molecular weight is 248 g/mol. The Labute approximate surface area is 110 Å². The third-order valence-electron chi connectivity index (χ3n) is 3.19. The third kappa shape index (κ3) is 4.88. The minimum Gasteiger partial charge on any atom is -0.370 e. The van der Waals surface area contributed by atoms with Gasteiger partial charge in [0.05, 0.1) is 0 Å². The Hall–Kier alpha value is -1.35. The van der Waals surface area contributed by atoms with E-state index in [-0.39, 0.29) is 5.91 Å². The maximum absolute atomic E-state index is 10.6. The minimum absolute atomic E-state index is 0.225. The van der Waals surface area contributed by atoms with Crippen molar-refractivity contribution < 1.29 is 4.79 Å². The van der Waals surface area contributed by atoms with Crippen LogP contribution >= 0.6 is 0 Å². The van der Waals surface area contributed by atoms with Crippen molar-refractivity contribution in [3.05, 3.63) is 35.4 Å². The highest BCUT2D eigenvalue weighted by Gasteiger charge is 2.08. The predicted molar refractivity (Wildman–Crippen MR) is 75.3 cm³/mol. The molecule has 3 N–H and O–H groups in total. The van der Waals surface area contributed by atoms with E-state index in [0.29, 0.717) is 12.5 Å². The Morgan fingerprint density at radius 2 is 1.94 bits per heavy atom. The molecule has 0 spiro atoms. The predicted octanol–water partition coefficient (Wildman–Crippen LogP) is 2.56. The zero-order chi connectivity index (χ0) is 13.4. The number of rotatable bonds is 8. The van der Waals surface area contributed by atoms with Crippen LogP contribution in [0.5, 0.6) is 0 Å². The molecule has 3 heteroatoms. The van der Waals surface area contributed by atoms with Crippen LogP contribution in [0.15, 0.2) is 24.3 Å². The first-order valence-corrected chi connectivity index (χ1v) is 6.77. The van der Waals surface area contributed by atoms with Crippen LogP contribution in [0.1, 0.15) is 50.3 Å². The van der Waals surface area contributed by atoms with E-state index in [9.17, 15) is 4.79 Å². The summed E-state index contributed by atoms with van der Waals surface area (Å²) < 4.78 is 0. The van der Waals surface area contributed by atoms with Gasteiger partial charge in [0.25, 0.3) is 0 Å². The van der Waals surface area contributed by atoms with Crippen molar-refractivity contribution in [2.24, 2.45) is 5.73 Å². The largest absolute Gasteiger partial charge is 0.370 e. The molecule has 1 aromatic carbocycles. The zero-order valence-corrected chi connectivity index (χ0v) is 11.4. The van der Waals surface area contributed by atoms with Gasteiger partial charge in [-0.2, -0.15) is 0 Å². The molecule has 0 aliphatic carbocycles. The molecule has 1 aromatic rings. The van der Waals surface area contributed by atoms with Crippen molar-refractivity contribution in [3.8, 4) is 0 Å². The van der Waals surface area contributed by atoms with Gasteiger partial charge >= 0.3 is 0 Å². The Bertz CT molecular complexity index is 359. The van der Waals surface area contributed by atoms with Crippen LogP contribution < -0.4 is 11.1 Å². The number of carbonyl (C=O) groups is 1. The molecular formula is C15H24N2O. The van der Waals surface area contributed by atoms with Crippen LogP contribution in [0.3, 0.4) is 0 Å². The number of primary amides is 1. The highest BCUT2D eigenvalue weighted by atomic mass is 16.1. The maximum atomic E-state index is 10.6. The number of hydrogen-bond donors (Lipinski definition) is 2. The lowest BCUT2D eigenvalue weighted by molar-refractivity contribution is -0.118. The molecular weight excluding hydrogens is 224 g/mol. The molecule has 1 amide bonds. The summed E-state index contributed by atoms with van der Waals surface area (Å²) in [5.74, 6) is -0.225. The van der Waals surface area contributed by atoms with Gasteiger partial charge < -0.3 is 11.1 Å². The fourth-order valence-corrected chi connectivity index (χ4v) is 2.02. The second kappa shape index (κ2) is 7.88. The number of amides is 1. The highest BCUT2D eigenvalue weighted by Crippen LogP contribution is 2.17. The summed E-state index contributed by atoms with van der Waals surface area (Å²) in [6.07, 6.45) is 3.38. The number of nitrogens with one attached hydrogen (secondary N) is 1. The summed E-state index contributed by atoms with van der Waals surface area (Å²) in [5.41, 5.74) is 7.80. The lowest BCUT2D eigenvalue weighted by atomic mass is 10.0. The van der Waals surface area contributed by atoms with Crippen molar-refractivity contribution >= 4 is 5.91 Å². The van der Waals surface area contributed by atoms with E-state index in [0.717, 1.165) is 25.8 Å². The first kappa shape index (κ1) is 14.7. The number of benzene rings is 1. The topological polar surface area (TPSA) is 55.1 Å². The molecule has 0 aliphatic heterocycles. The normalized spacial score (nSPS) is 12.3. The van der Waals surface area contributed by atoms with Crippen LogP contribution in [-0.2, 0) is 11.2 Å². The molecule has 0 saturated heterocycles. The first-order valence-electron chi connectivity index (χ1n) is 6.77. The van der Waals surface area contributed by atoms with Gasteiger partial charge in [-0.1, -0.05) is 38.1 Å². The van der Waals surface area contributed by atoms with Crippen molar-refractivity contribution in [2.75, 3.05) is 6.54 Å².